The molecule has 0 aromatic heterocycles. The molecule has 0 aromatic rings. The lowest BCUT2D eigenvalue weighted by Crippen LogP contribution is -2.62. The number of sulfone groups is 1. The van der Waals surface area contributed by atoms with E-state index in [1.54, 1.807) is 0 Å². The summed E-state index contributed by atoms with van der Waals surface area (Å²) in [7, 11) is -3.48. The average Bonchev–Trinajstić information content (AvgIpc) is 3.15. The zero-order chi connectivity index (χ0) is 29.0. The Hall–Kier alpha value is -0.660. The third-order valence-corrected chi connectivity index (χ3v) is 14.0. The molecule has 39 heavy (non-hydrogen) atoms. The van der Waals surface area contributed by atoms with Crippen LogP contribution in [0.4, 0.5) is 0 Å². The molecule has 0 spiro atoms. The highest BCUT2D eigenvalue weighted by molar-refractivity contribution is 7.92. The first-order valence-electron chi connectivity index (χ1n) is 15.7. The number of fused-ring (bicyclic) bond motifs is 5. The molecule has 0 amide bonds. The van der Waals surface area contributed by atoms with E-state index in [2.05, 4.69) is 27.7 Å². The van der Waals surface area contributed by atoms with E-state index in [0.717, 1.165) is 51.4 Å². The van der Waals surface area contributed by atoms with Crippen LogP contribution in [0.25, 0.3) is 0 Å². The number of aliphatic hydroxyl groups excluding tert-OH is 2. The van der Waals surface area contributed by atoms with Crippen LogP contribution in [-0.4, -0.2) is 54.9 Å². The molecule has 0 unspecified atom stereocenters. The number of carbonyl (C=O) groups excluding carboxylic acids is 1. The summed E-state index contributed by atoms with van der Waals surface area (Å²) in [6.45, 7) is 15.2. The highest BCUT2D eigenvalue weighted by Gasteiger charge is 2.64. The molecule has 4 aliphatic rings. The van der Waals surface area contributed by atoms with Crippen LogP contribution in [0.15, 0.2) is 0 Å². The fraction of sp³-hybridized carbons (Fsp3) is 0.969. The van der Waals surface area contributed by atoms with E-state index >= 15 is 0 Å². The number of esters is 1. The standard InChI is InChI=1S/C32H56O6S/c1-8-22-26-17-21(33)11-14-32(26,7)25-12-15-31(6)23(9-10-24(31)28(25)29(22)35)20(2)13-16-38-27(34)18-39(36,37)19-30(3,4)5/h20-26,28-29,33,35H,8-19H2,1-7H3/t20-,21-,22-,23-,24+,25+,26+,28+,29-,31-,32-/m1/s1. The van der Waals surface area contributed by atoms with Crippen molar-refractivity contribution in [3.63, 3.8) is 0 Å². The summed E-state index contributed by atoms with van der Waals surface area (Å²) in [4.78, 5) is 12.3. The largest absolute Gasteiger partial charge is 0.465 e. The zero-order valence-corrected chi connectivity index (χ0v) is 26.4. The van der Waals surface area contributed by atoms with E-state index in [1.165, 1.54) is 6.42 Å². The van der Waals surface area contributed by atoms with Crippen molar-refractivity contribution < 1.29 is 28.2 Å². The van der Waals surface area contributed by atoms with Crippen molar-refractivity contribution in [1.82, 2.24) is 0 Å². The number of rotatable bonds is 8. The molecular weight excluding hydrogens is 512 g/mol. The first-order chi connectivity index (χ1) is 18.0. The normalized spacial score (nSPS) is 43.2. The number of hydrogen-bond acceptors (Lipinski definition) is 6. The maximum absolute atomic E-state index is 12.3. The number of hydrogen-bond donors (Lipinski definition) is 2. The van der Waals surface area contributed by atoms with Crippen molar-refractivity contribution in [2.75, 3.05) is 18.1 Å². The molecule has 0 aromatic carbocycles. The lowest BCUT2D eigenvalue weighted by atomic mass is 9.41. The second-order valence-corrected chi connectivity index (χ2v) is 17.8. The molecule has 0 saturated heterocycles. The number of aliphatic hydroxyl groups is 2. The van der Waals surface area contributed by atoms with Gasteiger partial charge in [0.05, 0.1) is 24.6 Å². The van der Waals surface area contributed by atoms with Crippen molar-refractivity contribution in [2.24, 2.45) is 57.7 Å². The third kappa shape index (κ3) is 6.11. The van der Waals surface area contributed by atoms with Gasteiger partial charge in [-0.1, -0.05) is 54.9 Å². The van der Waals surface area contributed by atoms with E-state index in [9.17, 15) is 23.4 Å². The molecular formula is C32H56O6S. The van der Waals surface area contributed by atoms with Crippen molar-refractivity contribution >= 4 is 15.8 Å². The van der Waals surface area contributed by atoms with Gasteiger partial charge < -0.3 is 14.9 Å². The van der Waals surface area contributed by atoms with Crippen LogP contribution in [0.2, 0.25) is 0 Å². The quantitative estimate of drug-likeness (QED) is 0.367. The van der Waals surface area contributed by atoms with E-state index in [-0.39, 0.29) is 46.7 Å². The number of carbonyl (C=O) groups is 1. The summed E-state index contributed by atoms with van der Waals surface area (Å²) in [6, 6.07) is 0. The smallest absolute Gasteiger partial charge is 0.321 e. The van der Waals surface area contributed by atoms with E-state index < -0.39 is 21.6 Å². The van der Waals surface area contributed by atoms with E-state index in [0.29, 0.717) is 35.5 Å². The SMILES string of the molecule is CC[C@H]1[C@@H](O)[C@@H]2[C@H](CC[C@]3(C)[C@@H]([C@H](C)CCOC(=O)CS(=O)(=O)CC(C)(C)C)CC[C@@H]23)[C@@]2(C)CC[C@@H](O)C[C@@H]12. The Morgan fingerprint density at radius 2 is 1.64 bits per heavy atom. The van der Waals surface area contributed by atoms with Gasteiger partial charge in [0.2, 0.25) is 0 Å². The van der Waals surface area contributed by atoms with Crippen LogP contribution in [0, 0.1) is 57.7 Å². The van der Waals surface area contributed by atoms with Gasteiger partial charge in [-0.2, -0.15) is 0 Å². The van der Waals surface area contributed by atoms with Crippen molar-refractivity contribution in [1.29, 1.82) is 0 Å². The monoisotopic (exact) mass is 568 g/mol. The molecule has 6 nitrogen and oxygen atoms in total. The summed E-state index contributed by atoms with van der Waals surface area (Å²) in [5.74, 6) is 1.69. The Morgan fingerprint density at radius 3 is 2.28 bits per heavy atom. The molecule has 7 heteroatoms. The summed E-state index contributed by atoms with van der Waals surface area (Å²) >= 11 is 0. The van der Waals surface area contributed by atoms with Gasteiger partial charge in [0.15, 0.2) is 9.84 Å². The summed E-state index contributed by atoms with van der Waals surface area (Å²) in [6.07, 6.45) is 8.61. The molecule has 2 N–H and O–H groups in total. The fourth-order valence-corrected chi connectivity index (χ4v) is 12.3. The Balaban J connectivity index is 1.40. The Morgan fingerprint density at radius 1 is 1.00 bits per heavy atom. The first-order valence-corrected chi connectivity index (χ1v) is 17.6. The minimum atomic E-state index is -3.48. The predicted molar refractivity (Wildman–Crippen MR) is 155 cm³/mol. The maximum Gasteiger partial charge on any atom is 0.321 e. The van der Waals surface area contributed by atoms with Crippen molar-refractivity contribution in [3.05, 3.63) is 0 Å². The molecule has 0 heterocycles. The fourth-order valence-electron chi connectivity index (χ4n) is 10.4. The summed E-state index contributed by atoms with van der Waals surface area (Å²) < 4.78 is 30.1. The molecule has 0 radical (unpaired) electrons. The van der Waals surface area contributed by atoms with Crippen LogP contribution in [0.5, 0.6) is 0 Å². The average molecular weight is 569 g/mol. The highest BCUT2D eigenvalue weighted by atomic mass is 32.2. The molecule has 4 rings (SSSR count). The van der Waals surface area contributed by atoms with Crippen LogP contribution < -0.4 is 0 Å². The Bertz CT molecular complexity index is 987. The van der Waals surface area contributed by atoms with Gasteiger partial charge in [-0.15, -0.1) is 0 Å². The maximum atomic E-state index is 12.3. The van der Waals surface area contributed by atoms with Crippen LogP contribution in [0.1, 0.15) is 106 Å². The molecule has 0 aliphatic heterocycles. The Labute approximate surface area is 238 Å². The van der Waals surface area contributed by atoms with Gasteiger partial charge in [0.25, 0.3) is 0 Å². The summed E-state index contributed by atoms with van der Waals surface area (Å²) in [5, 5.41) is 22.4. The topological polar surface area (TPSA) is 101 Å². The van der Waals surface area contributed by atoms with E-state index in [1.807, 2.05) is 20.8 Å². The zero-order valence-electron chi connectivity index (χ0n) is 25.6. The highest BCUT2D eigenvalue weighted by Crippen LogP contribution is 2.69. The van der Waals surface area contributed by atoms with Crippen molar-refractivity contribution in [3.8, 4) is 0 Å². The van der Waals surface area contributed by atoms with Gasteiger partial charge in [-0.25, -0.2) is 8.42 Å². The van der Waals surface area contributed by atoms with Crippen LogP contribution in [0.3, 0.4) is 0 Å². The second kappa shape index (κ2) is 11.2. The predicted octanol–water partition coefficient (Wildman–Crippen LogP) is 5.64. The molecule has 4 saturated carbocycles. The summed E-state index contributed by atoms with van der Waals surface area (Å²) in [5.41, 5.74) is -0.0195. The van der Waals surface area contributed by atoms with Gasteiger partial charge in [-0.3, -0.25) is 4.79 Å². The lowest BCUT2D eigenvalue weighted by molar-refractivity contribution is -0.203. The van der Waals surface area contributed by atoms with Gasteiger partial charge in [0.1, 0.15) is 5.75 Å². The van der Waals surface area contributed by atoms with Gasteiger partial charge in [0, 0.05) is 0 Å². The van der Waals surface area contributed by atoms with Crippen LogP contribution >= 0.6 is 0 Å². The van der Waals surface area contributed by atoms with E-state index in [4.69, 9.17) is 4.74 Å². The molecule has 226 valence electrons. The number of ether oxygens (including phenoxy) is 1. The Kier molecular flexibility index (Phi) is 8.99. The van der Waals surface area contributed by atoms with Crippen molar-refractivity contribution in [2.45, 2.75) is 118 Å². The molecule has 11 atom stereocenters. The van der Waals surface area contributed by atoms with Gasteiger partial charge >= 0.3 is 5.97 Å². The minimum Gasteiger partial charge on any atom is -0.465 e. The minimum absolute atomic E-state index is 0.0272. The molecule has 4 fully saturated rings. The second-order valence-electron chi connectivity index (χ2n) is 15.7. The van der Waals surface area contributed by atoms with Gasteiger partial charge in [-0.05, 0) is 109 Å². The van der Waals surface area contributed by atoms with Crippen LogP contribution in [-0.2, 0) is 19.4 Å². The third-order valence-electron chi connectivity index (χ3n) is 12.0. The molecule has 4 aliphatic carbocycles. The lowest BCUT2D eigenvalue weighted by Gasteiger charge is -2.64. The molecule has 0 bridgehead atoms. The first kappa shape index (κ1) is 31.3.